The number of sulfonamides is 1. The molecule has 4 rings (SSSR count). The predicted molar refractivity (Wildman–Crippen MR) is 206 cm³/mol. The molecule has 1 aliphatic heterocycles. The fourth-order valence-corrected chi connectivity index (χ4v) is 9.23. The second-order valence-electron chi connectivity index (χ2n) is 12.8. The van der Waals surface area contributed by atoms with Gasteiger partial charge in [0.25, 0.3) is 5.91 Å². The van der Waals surface area contributed by atoms with Crippen molar-refractivity contribution in [3.8, 4) is 5.75 Å². The lowest BCUT2D eigenvalue weighted by atomic mass is 9.87. The lowest BCUT2D eigenvalue weighted by Crippen LogP contribution is -2.53. The van der Waals surface area contributed by atoms with Crippen molar-refractivity contribution in [1.82, 2.24) is 10.0 Å². The van der Waals surface area contributed by atoms with Gasteiger partial charge in [0.05, 0.1) is 22.0 Å². The van der Waals surface area contributed by atoms with Crippen molar-refractivity contribution < 1.29 is 32.6 Å². The third-order valence-electron chi connectivity index (χ3n) is 9.01. The molecule has 0 fully saturated rings. The molecule has 0 saturated heterocycles. The Balaban J connectivity index is 1.67. The maximum Gasteiger partial charge on any atom is 0.307 e. The lowest BCUT2D eigenvalue weighted by molar-refractivity contribution is -0.143. The molecule has 1 aliphatic rings. The summed E-state index contributed by atoms with van der Waals surface area (Å²) in [4.78, 5) is 41.4. The summed E-state index contributed by atoms with van der Waals surface area (Å²) in [5.41, 5.74) is 1.22. The molecule has 0 spiro atoms. The summed E-state index contributed by atoms with van der Waals surface area (Å²) >= 11 is 2.71. The van der Waals surface area contributed by atoms with Crippen LogP contribution in [0.3, 0.4) is 0 Å². The highest BCUT2D eigenvalue weighted by atomic mass is 32.2. The molecule has 276 valence electrons. The maximum atomic E-state index is 14.3. The van der Waals surface area contributed by atoms with Crippen LogP contribution in [0.4, 0.5) is 11.4 Å². The van der Waals surface area contributed by atoms with Gasteiger partial charge in [-0.25, -0.2) is 13.1 Å². The van der Waals surface area contributed by atoms with Crippen molar-refractivity contribution in [3.63, 3.8) is 0 Å². The van der Waals surface area contributed by atoms with Gasteiger partial charge in [0.1, 0.15) is 16.7 Å². The van der Waals surface area contributed by atoms with Crippen molar-refractivity contribution in [3.05, 3.63) is 78.4 Å². The Labute approximate surface area is 310 Å². The molecule has 51 heavy (non-hydrogen) atoms. The summed E-state index contributed by atoms with van der Waals surface area (Å²) in [6.07, 6.45) is 8.34. The zero-order valence-electron chi connectivity index (χ0n) is 29.7. The van der Waals surface area contributed by atoms with E-state index in [0.717, 1.165) is 31.4 Å². The number of nitrogens with zero attached hydrogens (tertiary/aromatic N) is 1. The molecule has 0 aromatic heterocycles. The Morgan fingerprint density at radius 2 is 1.61 bits per heavy atom. The maximum absolute atomic E-state index is 14.3. The number of thioether (sulfide) groups is 2. The van der Waals surface area contributed by atoms with E-state index in [-0.39, 0.29) is 22.8 Å². The first-order chi connectivity index (χ1) is 24.5. The highest BCUT2D eigenvalue weighted by Gasteiger charge is 2.42. The van der Waals surface area contributed by atoms with Crippen LogP contribution in [-0.2, 0) is 24.4 Å². The van der Waals surface area contributed by atoms with Crippen LogP contribution in [0.1, 0.15) is 70.4 Å². The molecule has 1 amide bonds. The van der Waals surface area contributed by atoms with Crippen LogP contribution in [-0.4, -0.2) is 68.1 Å². The first kappa shape index (κ1) is 40.3. The number of hydrogen-bond acceptors (Lipinski definition) is 9. The Bertz CT molecular complexity index is 1730. The van der Waals surface area contributed by atoms with E-state index >= 15 is 0 Å². The summed E-state index contributed by atoms with van der Waals surface area (Å²) in [5, 5.41) is 12.4. The minimum absolute atomic E-state index is 0.0558. The van der Waals surface area contributed by atoms with E-state index in [1.165, 1.54) is 29.6 Å². The number of carboxylic acids is 1. The number of Topliss-reactive ketones (excluding diaryl/α,β-unsaturated/α-hetero) is 1. The number of nitrogens with one attached hydrogen (secondary N) is 2. The van der Waals surface area contributed by atoms with E-state index in [0.29, 0.717) is 35.5 Å². The number of amides is 1. The van der Waals surface area contributed by atoms with Crippen LogP contribution in [0.25, 0.3) is 0 Å². The molecule has 3 N–H and O–H groups in total. The lowest BCUT2D eigenvalue weighted by Gasteiger charge is -2.37. The molecule has 2 atom stereocenters. The van der Waals surface area contributed by atoms with Crippen molar-refractivity contribution in [2.75, 3.05) is 36.3 Å². The first-order valence-electron chi connectivity index (χ1n) is 17.3. The average Bonchev–Trinajstić information content (AvgIpc) is 3.22. The van der Waals surface area contributed by atoms with Crippen LogP contribution >= 0.6 is 23.5 Å². The van der Waals surface area contributed by atoms with Gasteiger partial charge in [-0.15, -0.1) is 11.8 Å². The van der Waals surface area contributed by atoms with Crippen molar-refractivity contribution in [1.29, 1.82) is 0 Å². The monoisotopic (exact) mass is 755 g/mol. The molecule has 0 radical (unpaired) electrons. The Morgan fingerprint density at radius 1 is 0.980 bits per heavy atom. The smallest absolute Gasteiger partial charge is 0.307 e. The van der Waals surface area contributed by atoms with E-state index < -0.39 is 51.8 Å². The molecular formula is C38H49N3O7S3. The van der Waals surface area contributed by atoms with Gasteiger partial charge in [-0.2, -0.15) is 11.8 Å². The fourth-order valence-electron chi connectivity index (χ4n) is 6.36. The number of ether oxygens (including phenoxy) is 1. The third-order valence-corrected chi connectivity index (χ3v) is 12.1. The standard InChI is InChI=1S/C38H49N3O7S3/c1-5-7-19-38(20-8-6-2)26-41(29-17-13-10-14-18-29)30-22-33(50-4)32(23-34(30)51(46,47)40-38)48-24-35(43)39-36(27-15-11-9-12-16-27)31(42)21-28(25-49-3)37(44)45/h9-18,22-23,28,36,40H,5-8,19-21,24-26H2,1-4H3,(H,39,43)(H,44,45)/t28-,36+/m0/s1. The second kappa shape index (κ2) is 18.8. The summed E-state index contributed by atoms with van der Waals surface area (Å²) in [6.45, 7) is 4.16. The molecular weight excluding hydrogens is 707 g/mol. The normalized spacial score (nSPS) is 16.0. The van der Waals surface area contributed by atoms with Gasteiger partial charge >= 0.3 is 5.97 Å². The number of carboxylic acid groups (broad SMARTS) is 1. The summed E-state index contributed by atoms with van der Waals surface area (Å²) in [7, 11) is -4.04. The number of para-hydroxylation sites is 1. The van der Waals surface area contributed by atoms with Gasteiger partial charge in [0.2, 0.25) is 10.0 Å². The average molecular weight is 756 g/mol. The summed E-state index contributed by atoms with van der Waals surface area (Å²) in [6, 6.07) is 20.6. The molecule has 13 heteroatoms. The topological polar surface area (TPSA) is 142 Å². The SMILES string of the molecule is CCCCC1(CCCC)CN(c2ccccc2)c2cc(SC)c(OCC(=O)N[C@@H](C(=O)C[C@@H](CSC)C(=O)O)c3ccccc3)cc2S(=O)(=O)N1. The van der Waals surface area contributed by atoms with E-state index in [2.05, 4.69) is 28.8 Å². The Hall–Kier alpha value is -3.52. The van der Waals surface area contributed by atoms with E-state index in [9.17, 15) is 27.9 Å². The van der Waals surface area contributed by atoms with E-state index in [1.54, 1.807) is 36.6 Å². The predicted octanol–water partition coefficient (Wildman–Crippen LogP) is 7.22. The summed E-state index contributed by atoms with van der Waals surface area (Å²) in [5.74, 6) is -2.54. The summed E-state index contributed by atoms with van der Waals surface area (Å²) < 4.78 is 37.8. The number of carbonyl (C=O) groups excluding carboxylic acids is 2. The van der Waals surface area contributed by atoms with Crippen molar-refractivity contribution >= 4 is 62.6 Å². The molecule has 3 aromatic rings. The number of ketones is 1. The van der Waals surface area contributed by atoms with Gasteiger partial charge < -0.3 is 20.1 Å². The molecule has 0 aliphatic carbocycles. The quantitative estimate of drug-likeness (QED) is 0.107. The second-order valence-corrected chi connectivity index (χ2v) is 16.3. The fraction of sp³-hybridized carbons (Fsp3) is 0.447. The van der Waals surface area contributed by atoms with Crippen LogP contribution < -0.4 is 19.7 Å². The number of carbonyl (C=O) groups is 3. The number of fused-ring (bicyclic) bond motifs is 1. The van der Waals surface area contributed by atoms with Crippen LogP contribution in [0.5, 0.6) is 5.75 Å². The van der Waals surface area contributed by atoms with E-state index in [1.807, 2.05) is 42.7 Å². The van der Waals surface area contributed by atoms with Crippen LogP contribution in [0.15, 0.2) is 82.6 Å². The molecule has 0 bridgehead atoms. The number of hydrogen-bond donors (Lipinski definition) is 3. The molecule has 1 heterocycles. The molecule has 10 nitrogen and oxygen atoms in total. The highest BCUT2D eigenvalue weighted by Crippen LogP contribution is 2.44. The number of benzene rings is 3. The number of unbranched alkanes of at least 4 members (excludes halogenated alkanes) is 2. The van der Waals surface area contributed by atoms with Gasteiger partial charge in [-0.05, 0) is 49.1 Å². The van der Waals surface area contributed by atoms with Gasteiger partial charge in [-0.3, -0.25) is 14.4 Å². The Kier molecular flexibility index (Phi) is 14.9. The van der Waals surface area contributed by atoms with Gasteiger partial charge in [-0.1, -0.05) is 88.1 Å². The minimum atomic E-state index is -4.04. The first-order valence-corrected chi connectivity index (χ1v) is 21.4. The third kappa shape index (κ3) is 10.5. The molecule has 3 aromatic carbocycles. The van der Waals surface area contributed by atoms with Crippen LogP contribution in [0.2, 0.25) is 0 Å². The number of anilines is 2. The van der Waals surface area contributed by atoms with Gasteiger partial charge in [0.15, 0.2) is 12.4 Å². The number of rotatable bonds is 19. The highest BCUT2D eigenvalue weighted by molar-refractivity contribution is 7.98. The zero-order chi connectivity index (χ0) is 37.0. The number of aliphatic carboxylic acids is 1. The minimum Gasteiger partial charge on any atom is -0.483 e. The van der Waals surface area contributed by atoms with Crippen molar-refractivity contribution in [2.45, 2.75) is 80.2 Å². The van der Waals surface area contributed by atoms with E-state index in [4.69, 9.17) is 4.74 Å². The molecule has 0 unspecified atom stereocenters. The largest absolute Gasteiger partial charge is 0.483 e. The zero-order valence-corrected chi connectivity index (χ0v) is 32.2. The Morgan fingerprint density at radius 3 is 2.18 bits per heavy atom. The van der Waals surface area contributed by atoms with Crippen molar-refractivity contribution in [2.24, 2.45) is 5.92 Å². The molecule has 0 saturated carbocycles. The van der Waals surface area contributed by atoms with Crippen LogP contribution in [0, 0.1) is 5.92 Å². The van der Waals surface area contributed by atoms with Gasteiger partial charge in [0, 0.05) is 30.5 Å².